The number of hydrogen-bond donors (Lipinski definition) is 0. The Kier molecular flexibility index (Phi) is 6.04. The van der Waals surface area contributed by atoms with Crippen LogP contribution in [0.2, 0.25) is 5.02 Å². The summed E-state index contributed by atoms with van der Waals surface area (Å²) in [4.78, 5) is 0. The third-order valence-corrected chi connectivity index (χ3v) is 2.50. The Morgan fingerprint density at radius 3 is 2.38 bits per heavy atom. The van der Waals surface area contributed by atoms with Gasteiger partial charge in [-0.25, -0.2) is 0 Å². The van der Waals surface area contributed by atoms with E-state index in [4.69, 9.17) is 11.6 Å². The molecule has 76 valence electrons. The van der Waals surface area contributed by atoms with Crippen LogP contribution in [-0.4, -0.2) is 0 Å². The largest absolute Gasteiger partial charge is 1.00 e. The van der Waals surface area contributed by atoms with Crippen molar-refractivity contribution in [3.05, 3.63) is 64.7 Å². The van der Waals surface area contributed by atoms with Crippen LogP contribution in [0.5, 0.6) is 5.75 Å². The first-order valence-corrected chi connectivity index (χ1v) is 5.13. The predicted octanol–water partition coefficient (Wildman–Crippen LogP) is 0.00840. The maximum Gasteiger partial charge on any atom is 1.00 e. The van der Waals surface area contributed by atoms with Crippen molar-refractivity contribution in [3.63, 3.8) is 0 Å². The molecular formula is C13H10ClKO. The van der Waals surface area contributed by atoms with Gasteiger partial charge in [0, 0.05) is 5.02 Å². The average Bonchev–Trinajstić information content (AvgIpc) is 2.25. The normalized spacial score (nSPS) is 9.56. The van der Waals surface area contributed by atoms with Crippen LogP contribution in [0, 0.1) is 0 Å². The van der Waals surface area contributed by atoms with Crippen LogP contribution in [0.1, 0.15) is 11.1 Å². The Hall–Kier alpha value is 0.166. The van der Waals surface area contributed by atoms with E-state index in [9.17, 15) is 5.11 Å². The first-order chi connectivity index (χ1) is 7.25. The van der Waals surface area contributed by atoms with Crippen molar-refractivity contribution in [2.24, 2.45) is 0 Å². The van der Waals surface area contributed by atoms with E-state index >= 15 is 0 Å². The molecule has 2 aromatic carbocycles. The van der Waals surface area contributed by atoms with Gasteiger partial charge in [-0.15, -0.1) is 5.75 Å². The van der Waals surface area contributed by atoms with Crippen molar-refractivity contribution in [2.75, 3.05) is 0 Å². The third-order valence-electron chi connectivity index (χ3n) is 2.26. The second-order valence-electron chi connectivity index (χ2n) is 3.41. The summed E-state index contributed by atoms with van der Waals surface area (Å²) in [6, 6.07) is 14.8. The molecule has 0 aromatic heterocycles. The van der Waals surface area contributed by atoms with Crippen molar-refractivity contribution in [3.8, 4) is 5.75 Å². The number of rotatable bonds is 2. The van der Waals surface area contributed by atoms with E-state index in [1.807, 2.05) is 30.3 Å². The summed E-state index contributed by atoms with van der Waals surface area (Å²) in [7, 11) is 0. The van der Waals surface area contributed by atoms with Crippen molar-refractivity contribution in [1.82, 2.24) is 0 Å². The molecular weight excluding hydrogens is 247 g/mol. The fourth-order valence-electron chi connectivity index (χ4n) is 1.50. The Balaban J connectivity index is 0.00000128. The molecule has 2 rings (SSSR count). The van der Waals surface area contributed by atoms with Gasteiger partial charge >= 0.3 is 51.4 Å². The summed E-state index contributed by atoms with van der Waals surface area (Å²) >= 11 is 5.84. The molecule has 0 spiro atoms. The van der Waals surface area contributed by atoms with Gasteiger partial charge < -0.3 is 5.11 Å². The maximum absolute atomic E-state index is 11.5. The van der Waals surface area contributed by atoms with Crippen LogP contribution in [-0.2, 0) is 6.42 Å². The van der Waals surface area contributed by atoms with Gasteiger partial charge in [-0.05, 0) is 24.1 Å². The molecule has 1 nitrogen and oxygen atoms in total. The zero-order chi connectivity index (χ0) is 10.7. The molecule has 0 aliphatic rings. The van der Waals surface area contributed by atoms with Crippen LogP contribution in [0.25, 0.3) is 0 Å². The molecule has 0 N–H and O–H groups in total. The first-order valence-electron chi connectivity index (χ1n) is 4.75. The smallest absolute Gasteiger partial charge is 0.872 e. The van der Waals surface area contributed by atoms with Crippen LogP contribution < -0.4 is 56.5 Å². The third kappa shape index (κ3) is 3.88. The molecule has 0 radical (unpaired) electrons. The van der Waals surface area contributed by atoms with Crippen molar-refractivity contribution in [2.45, 2.75) is 6.42 Å². The minimum Gasteiger partial charge on any atom is -0.872 e. The minimum absolute atomic E-state index is 0. The molecule has 0 amide bonds. The van der Waals surface area contributed by atoms with Gasteiger partial charge in [0.25, 0.3) is 0 Å². The van der Waals surface area contributed by atoms with E-state index in [0.29, 0.717) is 11.4 Å². The molecule has 0 fully saturated rings. The summed E-state index contributed by atoms with van der Waals surface area (Å²) in [5.41, 5.74) is 1.87. The van der Waals surface area contributed by atoms with Gasteiger partial charge in [-0.2, -0.15) is 0 Å². The summed E-state index contributed by atoms with van der Waals surface area (Å²) in [5, 5.41) is 12.1. The molecule has 2 aromatic rings. The fraction of sp³-hybridized carbons (Fsp3) is 0.0769. The van der Waals surface area contributed by atoms with Gasteiger partial charge in [0.2, 0.25) is 0 Å². The molecule has 0 aliphatic carbocycles. The standard InChI is InChI=1S/C13H11ClO.K/c14-12-6-7-13(15)11(9-12)8-10-4-2-1-3-5-10;/h1-7,9,15H,8H2;/q;+1/p-1. The second-order valence-corrected chi connectivity index (χ2v) is 3.85. The van der Waals surface area contributed by atoms with Gasteiger partial charge in [0.05, 0.1) is 0 Å². The Morgan fingerprint density at radius 1 is 1.00 bits per heavy atom. The van der Waals surface area contributed by atoms with Crippen molar-refractivity contribution >= 4 is 11.6 Å². The SMILES string of the molecule is [K+].[O-]c1ccc(Cl)cc1Cc1ccccc1. The summed E-state index contributed by atoms with van der Waals surface area (Å²) < 4.78 is 0. The van der Waals surface area contributed by atoms with Gasteiger partial charge in [0.1, 0.15) is 0 Å². The van der Waals surface area contributed by atoms with Gasteiger partial charge in [0.15, 0.2) is 0 Å². The van der Waals surface area contributed by atoms with Crippen molar-refractivity contribution < 1.29 is 56.5 Å². The Labute approximate surface area is 143 Å². The molecule has 0 saturated heterocycles. The van der Waals surface area contributed by atoms with Crippen molar-refractivity contribution in [1.29, 1.82) is 0 Å². The van der Waals surface area contributed by atoms with E-state index in [0.717, 1.165) is 11.1 Å². The van der Waals surface area contributed by atoms with Crippen LogP contribution in [0.15, 0.2) is 48.5 Å². The Bertz CT molecular complexity index is 457. The van der Waals surface area contributed by atoms with Crippen LogP contribution in [0.3, 0.4) is 0 Å². The molecule has 16 heavy (non-hydrogen) atoms. The second kappa shape index (κ2) is 6.79. The number of halogens is 1. The zero-order valence-corrected chi connectivity index (χ0v) is 13.0. The fourth-order valence-corrected chi connectivity index (χ4v) is 1.70. The monoisotopic (exact) mass is 256 g/mol. The van der Waals surface area contributed by atoms with E-state index in [-0.39, 0.29) is 57.1 Å². The molecule has 0 bridgehead atoms. The van der Waals surface area contributed by atoms with E-state index < -0.39 is 0 Å². The van der Waals surface area contributed by atoms with E-state index in [2.05, 4.69) is 0 Å². The maximum atomic E-state index is 11.5. The zero-order valence-electron chi connectivity index (χ0n) is 9.11. The quantitative estimate of drug-likeness (QED) is 0.695. The first kappa shape index (κ1) is 14.2. The van der Waals surface area contributed by atoms with Gasteiger partial charge in [-0.1, -0.05) is 53.6 Å². The number of benzene rings is 2. The summed E-state index contributed by atoms with van der Waals surface area (Å²) in [5.74, 6) is 0.0447. The molecule has 0 heterocycles. The topological polar surface area (TPSA) is 23.1 Å². The molecule has 0 saturated carbocycles. The molecule has 0 unspecified atom stereocenters. The molecule has 0 atom stereocenters. The summed E-state index contributed by atoms with van der Waals surface area (Å²) in [6.45, 7) is 0. The minimum atomic E-state index is 0. The Morgan fingerprint density at radius 2 is 1.69 bits per heavy atom. The van der Waals surface area contributed by atoms with E-state index in [1.54, 1.807) is 12.1 Å². The number of hydrogen-bond acceptors (Lipinski definition) is 1. The van der Waals surface area contributed by atoms with E-state index in [1.165, 1.54) is 6.07 Å². The summed E-state index contributed by atoms with van der Waals surface area (Å²) in [6.07, 6.45) is 0.639. The predicted molar refractivity (Wildman–Crippen MR) is 60.1 cm³/mol. The molecule has 3 heteroatoms. The van der Waals surface area contributed by atoms with Crippen LogP contribution >= 0.6 is 11.6 Å². The molecule has 0 aliphatic heterocycles. The van der Waals surface area contributed by atoms with Gasteiger partial charge in [-0.3, -0.25) is 0 Å². The van der Waals surface area contributed by atoms with Crippen LogP contribution in [0.4, 0.5) is 0 Å². The average molecular weight is 257 g/mol.